The largest absolute Gasteiger partial charge is 0.444 e. The summed E-state index contributed by atoms with van der Waals surface area (Å²) < 4.78 is 5.06. The molecule has 7 nitrogen and oxygen atoms in total. The van der Waals surface area contributed by atoms with Crippen LogP contribution in [0, 0.1) is 0 Å². The smallest absolute Gasteiger partial charge is 0.408 e. The summed E-state index contributed by atoms with van der Waals surface area (Å²) in [6.07, 6.45) is 0.999. The van der Waals surface area contributed by atoms with Gasteiger partial charge in [-0.05, 0) is 27.7 Å². The molecule has 0 saturated heterocycles. The van der Waals surface area contributed by atoms with Gasteiger partial charge in [0.05, 0.1) is 7.11 Å². The first kappa shape index (κ1) is 18.4. The lowest BCUT2D eigenvalue weighted by molar-refractivity contribution is -0.173. The topological polar surface area (TPSA) is 88.1 Å². The van der Waals surface area contributed by atoms with Crippen LogP contribution in [0.4, 0.5) is 4.79 Å². The fraction of sp³-hybridized carbons (Fsp3) is 0.692. The fourth-order valence-corrected chi connectivity index (χ4v) is 1.32. The van der Waals surface area contributed by atoms with E-state index in [1.165, 1.54) is 20.2 Å². The first-order chi connectivity index (χ1) is 9.12. The van der Waals surface area contributed by atoms with Crippen molar-refractivity contribution in [3.05, 3.63) is 12.2 Å². The highest BCUT2D eigenvalue weighted by Crippen LogP contribution is 2.08. The number of hydrogen-bond acceptors (Lipinski definition) is 5. The Kier molecular flexibility index (Phi) is 7.23. The number of allylic oxidation sites excluding steroid dienone is 1. The molecule has 0 aromatic rings. The van der Waals surface area contributed by atoms with Gasteiger partial charge in [0.1, 0.15) is 17.7 Å². The molecule has 0 aromatic heterocycles. The van der Waals surface area contributed by atoms with E-state index < -0.39 is 29.7 Å². The van der Waals surface area contributed by atoms with Gasteiger partial charge in [-0.15, -0.1) is 0 Å². The Morgan fingerprint density at radius 2 is 1.90 bits per heavy atom. The standard InChI is InChI=1S/C13H24N2O5/c1-7-8-9(16)10(11(17)15(5)19-6)14-12(18)20-13(2,3)4/h7-10,16H,1-6H3,(H,14,18)/b8-7+/t9-,10+/m1/s1. The van der Waals surface area contributed by atoms with Crippen LogP contribution in [0.2, 0.25) is 0 Å². The Bertz CT molecular complexity index is 362. The molecule has 7 heteroatoms. The quantitative estimate of drug-likeness (QED) is 0.578. The van der Waals surface area contributed by atoms with Crippen molar-refractivity contribution < 1.29 is 24.3 Å². The third-order valence-electron chi connectivity index (χ3n) is 2.25. The monoisotopic (exact) mass is 288 g/mol. The van der Waals surface area contributed by atoms with Crippen LogP contribution in [0.3, 0.4) is 0 Å². The van der Waals surface area contributed by atoms with Gasteiger partial charge in [0.2, 0.25) is 0 Å². The molecule has 20 heavy (non-hydrogen) atoms. The Balaban J connectivity index is 4.95. The third-order valence-corrected chi connectivity index (χ3v) is 2.25. The van der Waals surface area contributed by atoms with E-state index in [0.717, 1.165) is 5.06 Å². The lowest BCUT2D eigenvalue weighted by atomic mass is 10.1. The van der Waals surface area contributed by atoms with E-state index in [1.54, 1.807) is 33.8 Å². The SMILES string of the molecule is C/C=C/[C@@H](O)[C@H](NC(=O)OC(C)(C)C)C(=O)N(C)OC. The molecule has 0 spiro atoms. The van der Waals surface area contributed by atoms with Crippen molar-refractivity contribution in [2.75, 3.05) is 14.2 Å². The highest BCUT2D eigenvalue weighted by atomic mass is 16.7. The summed E-state index contributed by atoms with van der Waals surface area (Å²) in [4.78, 5) is 28.5. The third kappa shape index (κ3) is 6.53. The summed E-state index contributed by atoms with van der Waals surface area (Å²) >= 11 is 0. The molecule has 2 N–H and O–H groups in total. The van der Waals surface area contributed by atoms with Crippen molar-refractivity contribution in [2.45, 2.75) is 45.4 Å². The van der Waals surface area contributed by atoms with E-state index in [1.807, 2.05) is 0 Å². The number of rotatable bonds is 5. The van der Waals surface area contributed by atoms with Gasteiger partial charge in [-0.25, -0.2) is 9.86 Å². The van der Waals surface area contributed by atoms with Crippen molar-refractivity contribution in [1.82, 2.24) is 10.4 Å². The zero-order valence-electron chi connectivity index (χ0n) is 12.8. The van der Waals surface area contributed by atoms with Gasteiger partial charge >= 0.3 is 6.09 Å². The van der Waals surface area contributed by atoms with E-state index in [4.69, 9.17) is 9.57 Å². The van der Waals surface area contributed by atoms with Gasteiger partial charge in [0, 0.05) is 7.05 Å². The number of carbonyl (C=O) groups is 2. The highest BCUT2D eigenvalue weighted by molar-refractivity contribution is 5.85. The summed E-state index contributed by atoms with van der Waals surface area (Å²) in [6.45, 7) is 6.80. The zero-order valence-corrected chi connectivity index (χ0v) is 12.8. The van der Waals surface area contributed by atoms with Gasteiger partial charge < -0.3 is 15.2 Å². The normalized spacial score (nSPS) is 14.8. The van der Waals surface area contributed by atoms with Crippen LogP contribution < -0.4 is 5.32 Å². The number of nitrogens with one attached hydrogen (secondary N) is 1. The van der Waals surface area contributed by atoms with Crippen molar-refractivity contribution in [2.24, 2.45) is 0 Å². The first-order valence-electron chi connectivity index (χ1n) is 6.24. The maximum absolute atomic E-state index is 12.0. The fourth-order valence-electron chi connectivity index (χ4n) is 1.32. The summed E-state index contributed by atoms with van der Waals surface area (Å²) in [5.41, 5.74) is -0.698. The van der Waals surface area contributed by atoms with Crippen LogP contribution >= 0.6 is 0 Å². The number of amides is 2. The van der Waals surface area contributed by atoms with Gasteiger partial charge in [0.15, 0.2) is 0 Å². The number of carbonyl (C=O) groups excluding carboxylic acids is 2. The van der Waals surface area contributed by atoms with Crippen molar-refractivity contribution in [3.8, 4) is 0 Å². The molecule has 0 radical (unpaired) electrons. The second kappa shape index (κ2) is 7.86. The van der Waals surface area contributed by atoms with Crippen LogP contribution in [-0.2, 0) is 14.4 Å². The molecule has 0 aliphatic heterocycles. The maximum Gasteiger partial charge on any atom is 0.408 e. The molecule has 0 aliphatic carbocycles. The van der Waals surface area contributed by atoms with Crippen molar-refractivity contribution in [3.63, 3.8) is 0 Å². The molecule has 0 saturated carbocycles. The number of alkyl carbamates (subject to hydrolysis) is 1. The molecule has 2 atom stereocenters. The number of nitrogens with zero attached hydrogens (tertiary/aromatic N) is 1. The molecule has 0 fully saturated rings. The predicted octanol–water partition coefficient (Wildman–Crippen LogP) is 0.837. The number of hydroxylamine groups is 2. The zero-order chi connectivity index (χ0) is 15.9. The van der Waals surface area contributed by atoms with Gasteiger partial charge in [0.25, 0.3) is 5.91 Å². The molecule has 0 unspecified atom stereocenters. The number of ether oxygens (including phenoxy) is 1. The number of likely N-dealkylation sites (N-methyl/N-ethyl adjacent to an activating group) is 1. The summed E-state index contributed by atoms with van der Waals surface area (Å²) in [7, 11) is 2.69. The van der Waals surface area contributed by atoms with Crippen LogP contribution in [0.5, 0.6) is 0 Å². The summed E-state index contributed by atoms with van der Waals surface area (Å²) in [5.74, 6) is -0.594. The van der Waals surface area contributed by atoms with E-state index in [2.05, 4.69) is 5.32 Å². The predicted molar refractivity (Wildman–Crippen MR) is 73.8 cm³/mol. The Hall–Kier alpha value is -1.60. The molecule has 116 valence electrons. The van der Waals surface area contributed by atoms with Gasteiger partial charge in [-0.2, -0.15) is 0 Å². The second-order valence-corrected chi connectivity index (χ2v) is 5.16. The summed E-state index contributed by atoms with van der Waals surface area (Å²) in [6, 6.07) is -1.19. The lowest BCUT2D eigenvalue weighted by Crippen LogP contribution is -2.53. The second-order valence-electron chi connectivity index (χ2n) is 5.16. The molecule has 0 rings (SSSR count). The number of hydrogen-bond donors (Lipinski definition) is 2. The molecule has 0 aliphatic rings. The van der Waals surface area contributed by atoms with E-state index in [0.29, 0.717) is 0 Å². The lowest BCUT2D eigenvalue weighted by Gasteiger charge is -2.27. The minimum atomic E-state index is -1.19. The van der Waals surface area contributed by atoms with Crippen LogP contribution in [0.25, 0.3) is 0 Å². The summed E-state index contributed by atoms with van der Waals surface area (Å²) in [5, 5.41) is 13.2. The Morgan fingerprint density at radius 3 is 2.30 bits per heavy atom. The van der Waals surface area contributed by atoms with Crippen molar-refractivity contribution in [1.29, 1.82) is 0 Å². The minimum Gasteiger partial charge on any atom is -0.444 e. The highest BCUT2D eigenvalue weighted by Gasteiger charge is 2.31. The molecular weight excluding hydrogens is 264 g/mol. The van der Waals surface area contributed by atoms with Crippen molar-refractivity contribution >= 4 is 12.0 Å². The average molecular weight is 288 g/mol. The Morgan fingerprint density at radius 1 is 1.35 bits per heavy atom. The minimum absolute atomic E-state index is 0.594. The van der Waals surface area contributed by atoms with E-state index in [9.17, 15) is 14.7 Å². The van der Waals surface area contributed by atoms with E-state index in [-0.39, 0.29) is 0 Å². The molecule has 0 bridgehead atoms. The van der Waals surface area contributed by atoms with Crippen LogP contribution in [0.15, 0.2) is 12.2 Å². The average Bonchev–Trinajstić information content (AvgIpc) is 2.32. The molecule has 0 heterocycles. The molecule has 0 aromatic carbocycles. The van der Waals surface area contributed by atoms with Gasteiger partial charge in [-0.1, -0.05) is 12.2 Å². The number of aliphatic hydroxyl groups is 1. The number of aliphatic hydroxyl groups excluding tert-OH is 1. The van der Waals surface area contributed by atoms with Crippen LogP contribution in [0.1, 0.15) is 27.7 Å². The molecule has 2 amide bonds. The van der Waals surface area contributed by atoms with Gasteiger partial charge in [-0.3, -0.25) is 9.63 Å². The maximum atomic E-state index is 12.0. The van der Waals surface area contributed by atoms with Crippen LogP contribution in [-0.4, -0.2) is 54.1 Å². The Labute approximate surface area is 119 Å². The van der Waals surface area contributed by atoms with E-state index >= 15 is 0 Å². The molecular formula is C13H24N2O5. The first-order valence-corrected chi connectivity index (χ1v) is 6.24.